The second-order valence-electron chi connectivity index (χ2n) is 4.04. The van der Waals surface area contributed by atoms with Crippen molar-refractivity contribution >= 4 is 0 Å². The van der Waals surface area contributed by atoms with E-state index in [1.54, 1.807) is 0 Å². The lowest BCUT2D eigenvalue weighted by Crippen LogP contribution is -2.39. The number of hydrogen-bond acceptors (Lipinski definition) is 3. The Labute approximate surface area is 93.1 Å². The average Bonchev–Trinajstić information content (AvgIpc) is 2.50. The van der Waals surface area contributed by atoms with E-state index in [-0.39, 0.29) is 0 Å². The van der Waals surface area contributed by atoms with Crippen molar-refractivity contribution in [1.29, 1.82) is 0 Å². The molecular formula is C12H24O3. The summed E-state index contributed by atoms with van der Waals surface area (Å²) >= 11 is 0. The van der Waals surface area contributed by atoms with E-state index >= 15 is 0 Å². The molecule has 15 heavy (non-hydrogen) atoms. The van der Waals surface area contributed by atoms with Gasteiger partial charge in [-0.05, 0) is 25.7 Å². The molecule has 1 fully saturated rings. The molecule has 90 valence electrons. The van der Waals surface area contributed by atoms with Crippen LogP contribution in [0.4, 0.5) is 0 Å². The molecular weight excluding hydrogens is 192 g/mol. The molecule has 3 heteroatoms. The predicted octanol–water partition coefficient (Wildman–Crippen LogP) is 3.08. The van der Waals surface area contributed by atoms with E-state index in [4.69, 9.17) is 14.2 Å². The number of ether oxygens (including phenoxy) is 3. The Hall–Kier alpha value is -0.120. The fourth-order valence-electron chi connectivity index (χ4n) is 1.70. The van der Waals surface area contributed by atoms with Crippen LogP contribution in [0.3, 0.4) is 0 Å². The molecule has 0 atom stereocenters. The summed E-state index contributed by atoms with van der Waals surface area (Å²) in [7, 11) is 0. The van der Waals surface area contributed by atoms with Crippen molar-refractivity contribution < 1.29 is 14.2 Å². The van der Waals surface area contributed by atoms with Crippen LogP contribution in [0.25, 0.3) is 0 Å². The standard InChI is InChI=1S/C12H24O3/c1-3-9-13-12(14-10-4-2)8-6-5-7-11-15-12/h3-11H2,1-2H3. The zero-order valence-electron chi connectivity index (χ0n) is 10.1. The molecule has 0 spiro atoms. The van der Waals surface area contributed by atoms with E-state index in [0.29, 0.717) is 13.2 Å². The highest BCUT2D eigenvalue weighted by atomic mass is 16.9. The minimum Gasteiger partial charge on any atom is -0.327 e. The third-order valence-electron chi connectivity index (χ3n) is 2.50. The van der Waals surface area contributed by atoms with E-state index in [2.05, 4.69) is 13.8 Å². The summed E-state index contributed by atoms with van der Waals surface area (Å²) in [4.78, 5) is 0. The van der Waals surface area contributed by atoms with Crippen LogP contribution < -0.4 is 0 Å². The van der Waals surface area contributed by atoms with Gasteiger partial charge in [-0.25, -0.2) is 0 Å². The number of rotatable bonds is 6. The van der Waals surface area contributed by atoms with Gasteiger partial charge in [0.25, 0.3) is 5.97 Å². The maximum Gasteiger partial charge on any atom is 0.282 e. The maximum atomic E-state index is 5.76. The molecule has 1 aliphatic rings. The van der Waals surface area contributed by atoms with Crippen LogP contribution in [0.5, 0.6) is 0 Å². The first kappa shape index (κ1) is 12.9. The summed E-state index contributed by atoms with van der Waals surface area (Å²) in [6.07, 6.45) is 6.33. The molecule has 0 amide bonds. The smallest absolute Gasteiger partial charge is 0.282 e. The summed E-state index contributed by atoms with van der Waals surface area (Å²) < 4.78 is 17.3. The van der Waals surface area contributed by atoms with Gasteiger partial charge in [0.15, 0.2) is 0 Å². The highest BCUT2D eigenvalue weighted by molar-refractivity contribution is 4.63. The van der Waals surface area contributed by atoms with E-state index in [0.717, 1.165) is 38.7 Å². The van der Waals surface area contributed by atoms with Crippen LogP contribution in [0.15, 0.2) is 0 Å². The fraction of sp³-hybridized carbons (Fsp3) is 1.00. The first-order chi connectivity index (χ1) is 7.33. The van der Waals surface area contributed by atoms with Gasteiger partial charge in [-0.15, -0.1) is 0 Å². The van der Waals surface area contributed by atoms with E-state index in [1.165, 1.54) is 6.42 Å². The zero-order chi connectivity index (χ0) is 11.0. The van der Waals surface area contributed by atoms with Crippen molar-refractivity contribution in [2.45, 2.75) is 58.3 Å². The summed E-state index contributed by atoms with van der Waals surface area (Å²) in [5.41, 5.74) is 0. The van der Waals surface area contributed by atoms with Gasteiger partial charge in [-0.3, -0.25) is 0 Å². The maximum absolute atomic E-state index is 5.76. The topological polar surface area (TPSA) is 27.7 Å². The lowest BCUT2D eigenvalue weighted by Gasteiger charge is -2.31. The molecule has 0 radical (unpaired) electrons. The second-order valence-corrected chi connectivity index (χ2v) is 4.04. The Balaban J connectivity index is 2.47. The lowest BCUT2D eigenvalue weighted by atomic mass is 10.2. The van der Waals surface area contributed by atoms with E-state index in [9.17, 15) is 0 Å². The Morgan fingerprint density at radius 3 is 2.27 bits per heavy atom. The Bertz CT molecular complexity index is 141. The van der Waals surface area contributed by atoms with Crippen molar-refractivity contribution in [1.82, 2.24) is 0 Å². The second kappa shape index (κ2) is 7.20. The van der Waals surface area contributed by atoms with Gasteiger partial charge in [-0.1, -0.05) is 20.3 Å². The Kier molecular flexibility index (Phi) is 6.22. The molecule has 0 saturated carbocycles. The fourth-order valence-corrected chi connectivity index (χ4v) is 1.70. The highest BCUT2D eigenvalue weighted by Crippen LogP contribution is 2.27. The van der Waals surface area contributed by atoms with Crippen molar-refractivity contribution in [3.63, 3.8) is 0 Å². The van der Waals surface area contributed by atoms with Crippen molar-refractivity contribution in [2.75, 3.05) is 19.8 Å². The lowest BCUT2D eigenvalue weighted by molar-refractivity contribution is -0.380. The van der Waals surface area contributed by atoms with Crippen LogP contribution in [0.2, 0.25) is 0 Å². The predicted molar refractivity (Wildman–Crippen MR) is 59.6 cm³/mol. The minimum atomic E-state index is -0.734. The molecule has 1 heterocycles. The summed E-state index contributed by atoms with van der Waals surface area (Å²) in [5, 5.41) is 0. The summed E-state index contributed by atoms with van der Waals surface area (Å²) in [6.45, 7) is 6.38. The van der Waals surface area contributed by atoms with Crippen LogP contribution in [-0.4, -0.2) is 25.8 Å². The zero-order valence-corrected chi connectivity index (χ0v) is 10.1. The third-order valence-corrected chi connectivity index (χ3v) is 2.50. The highest BCUT2D eigenvalue weighted by Gasteiger charge is 2.34. The molecule has 1 aliphatic heterocycles. The van der Waals surface area contributed by atoms with Gasteiger partial charge in [-0.2, -0.15) is 0 Å². The molecule has 0 aromatic carbocycles. The van der Waals surface area contributed by atoms with Gasteiger partial charge in [0.05, 0.1) is 19.8 Å². The first-order valence-electron chi connectivity index (χ1n) is 6.25. The van der Waals surface area contributed by atoms with Crippen LogP contribution in [0.1, 0.15) is 52.4 Å². The molecule has 1 rings (SSSR count). The van der Waals surface area contributed by atoms with Crippen LogP contribution in [-0.2, 0) is 14.2 Å². The molecule has 0 aromatic rings. The third kappa shape index (κ3) is 4.49. The Morgan fingerprint density at radius 1 is 1.00 bits per heavy atom. The van der Waals surface area contributed by atoms with Gasteiger partial charge < -0.3 is 14.2 Å². The molecule has 0 bridgehead atoms. The quantitative estimate of drug-likeness (QED) is 0.639. The summed E-state index contributed by atoms with van der Waals surface area (Å²) in [5.74, 6) is -0.734. The summed E-state index contributed by atoms with van der Waals surface area (Å²) in [6, 6.07) is 0. The monoisotopic (exact) mass is 216 g/mol. The van der Waals surface area contributed by atoms with Gasteiger partial charge in [0, 0.05) is 6.42 Å². The van der Waals surface area contributed by atoms with Crippen LogP contribution in [0, 0.1) is 0 Å². The molecule has 1 saturated heterocycles. The van der Waals surface area contributed by atoms with Crippen LogP contribution >= 0.6 is 0 Å². The van der Waals surface area contributed by atoms with Crippen molar-refractivity contribution in [2.24, 2.45) is 0 Å². The van der Waals surface area contributed by atoms with Crippen molar-refractivity contribution in [3.8, 4) is 0 Å². The van der Waals surface area contributed by atoms with E-state index in [1.807, 2.05) is 0 Å². The SMILES string of the molecule is CCCOC1(OCCC)CCCCCO1. The first-order valence-corrected chi connectivity index (χ1v) is 6.25. The van der Waals surface area contributed by atoms with E-state index < -0.39 is 5.97 Å². The van der Waals surface area contributed by atoms with Gasteiger partial charge >= 0.3 is 0 Å². The Morgan fingerprint density at radius 2 is 1.67 bits per heavy atom. The molecule has 0 N–H and O–H groups in total. The molecule has 0 aliphatic carbocycles. The molecule has 3 nitrogen and oxygen atoms in total. The number of hydrogen-bond donors (Lipinski definition) is 0. The molecule has 0 aromatic heterocycles. The normalized spacial score (nSPS) is 21.2. The van der Waals surface area contributed by atoms with Gasteiger partial charge in [0.1, 0.15) is 0 Å². The van der Waals surface area contributed by atoms with Gasteiger partial charge in [0.2, 0.25) is 0 Å². The minimum absolute atomic E-state index is 0.712. The molecule has 0 unspecified atom stereocenters. The van der Waals surface area contributed by atoms with Crippen molar-refractivity contribution in [3.05, 3.63) is 0 Å². The average molecular weight is 216 g/mol. The largest absolute Gasteiger partial charge is 0.327 e.